The smallest absolute Gasteiger partial charge is 0.303 e. The van der Waals surface area contributed by atoms with Crippen LogP contribution in [0.4, 0.5) is 0 Å². The lowest BCUT2D eigenvalue weighted by atomic mass is 9.97. The Labute approximate surface area is 228 Å². The fourth-order valence-electron chi connectivity index (χ4n) is 4.90. The fourth-order valence-corrected chi connectivity index (χ4v) is 4.90. The molecule has 2 N–H and O–H groups in total. The molecule has 4 aromatic rings. The van der Waals surface area contributed by atoms with Crippen molar-refractivity contribution in [2.45, 2.75) is 50.8 Å². The lowest BCUT2D eigenvalue weighted by molar-refractivity contribution is -0.137. The van der Waals surface area contributed by atoms with Crippen LogP contribution < -0.4 is 4.74 Å². The summed E-state index contributed by atoms with van der Waals surface area (Å²) < 4.78 is 6.00. The Balaban J connectivity index is 1.30. The molecule has 6 heteroatoms. The SMILES string of the molecule is O=C(O)CCCCCOc1ccccc1CN(C(=O)c1ccc(-c2cccc3ccccc23)cc1)C1(O)CC1. The Morgan fingerprint density at radius 1 is 0.821 bits per heavy atom. The van der Waals surface area contributed by atoms with E-state index in [0.717, 1.165) is 34.9 Å². The van der Waals surface area contributed by atoms with Crippen molar-refractivity contribution in [3.63, 3.8) is 0 Å². The minimum absolute atomic E-state index is 0.162. The molecule has 0 atom stereocenters. The summed E-state index contributed by atoms with van der Waals surface area (Å²) in [4.78, 5) is 25.9. The molecular weight excluding hydrogens is 490 g/mol. The van der Waals surface area contributed by atoms with E-state index < -0.39 is 11.7 Å². The largest absolute Gasteiger partial charge is 0.493 e. The van der Waals surface area contributed by atoms with E-state index in [9.17, 15) is 14.7 Å². The summed E-state index contributed by atoms with van der Waals surface area (Å²) in [5, 5.41) is 22.2. The molecule has 0 spiro atoms. The van der Waals surface area contributed by atoms with Crippen LogP contribution in [0.3, 0.4) is 0 Å². The third-order valence-electron chi connectivity index (χ3n) is 7.27. The standard InChI is InChI=1S/C33H33NO5/c35-31(36)15-2-1-7-22-39-30-14-6-4-10-27(30)23-34(33(38)20-21-33)32(37)26-18-16-25(17-19-26)29-13-8-11-24-9-3-5-12-28(24)29/h3-6,8-14,16-19,38H,1-2,7,15,20-23H2,(H,35,36). The number of benzene rings is 4. The monoisotopic (exact) mass is 523 g/mol. The summed E-state index contributed by atoms with van der Waals surface area (Å²) in [5.41, 5.74) is 2.33. The van der Waals surface area contributed by atoms with Gasteiger partial charge in [0.15, 0.2) is 0 Å². The number of aliphatic carboxylic acids is 1. The number of carboxylic acid groups (broad SMARTS) is 1. The number of carboxylic acids is 1. The van der Waals surface area contributed by atoms with Gasteiger partial charge in [0.25, 0.3) is 5.91 Å². The quantitative estimate of drug-likeness (QED) is 0.160. The predicted molar refractivity (Wildman–Crippen MR) is 151 cm³/mol. The molecule has 39 heavy (non-hydrogen) atoms. The molecule has 0 radical (unpaired) electrons. The molecule has 200 valence electrons. The number of para-hydroxylation sites is 1. The van der Waals surface area contributed by atoms with E-state index in [1.807, 2.05) is 66.7 Å². The Kier molecular flexibility index (Phi) is 7.94. The molecule has 0 aliphatic heterocycles. The number of amides is 1. The first-order chi connectivity index (χ1) is 18.9. The molecule has 1 saturated carbocycles. The van der Waals surface area contributed by atoms with Crippen LogP contribution in [0.5, 0.6) is 5.75 Å². The van der Waals surface area contributed by atoms with Crippen molar-refractivity contribution in [2.24, 2.45) is 0 Å². The number of unbranched alkanes of at least 4 members (excludes halogenated alkanes) is 2. The second-order valence-corrected chi connectivity index (χ2v) is 10.1. The van der Waals surface area contributed by atoms with Gasteiger partial charge in [-0.2, -0.15) is 0 Å². The van der Waals surface area contributed by atoms with Gasteiger partial charge in [-0.05, 0) is 72.2 Å². The first-order valence-electron chi connectivity index (χ1n) is 13.5. The van der Waals surface area contributed by atoms with E-state index in [0.29, 0.717) is 37.2 Å². The second kappa shape index (κ2) is 11.7. The molecule has 0 heterocycles. The van der Waals surface area contributed by atoms with Crippen molar-refractivity contribution in [2.75, 3.05) is 6.61 Å². The number of carbonyl (C=O) groups excluding carboxylic acids is 1. The second-order valence-electron chi connectivity index (χ2n) is 10.1. The van der Waals surface area contributed by atoms with Crippen LogP contribution in [0.1, 0.15) is 54.4 Å². The minimum Gasteiger partial charge on any atom is -0.493 e. The van der Waals surface area contributed by atoms with E-state index in [4.69, 9.17) is 9.84 Å². The van der Waals surface area contributed by atoms with E-state index in [2.05, 4.69) is 24.3 Å². The average molecular weight is 524 g/mol. The van der Waals surface area contributed by atoms with Crippen molar-refractivity contribution in [3.05, 3.63) is 102 Å². The van der Waals surface area contributed by atoms with Crippen LogP contribution in [-0.4, -0.2) is 39.3 Å². The Hall–Kier alpha value is -4.16. The maximum Gasteiger partial charge on any atom is 0.303 e. The van der Waals surface area contributed by atoms with Gasteiger partial charge >= 0.3 is 5.97 Å². The Morgan fingerprint density at radius 3 is 2.31 bits per heavy atom. The Bertz CT molecular complexity index is 1450. The molecule has 1 amide bonds. The summed E-state index contributed by atoms with van der Waals surface area (Å²) in [5.74, 6) is -0.334. The Morgan fingerprint density at radius 2 is 1.54 bits per heavy atom. The van der Waals surface area contributed by atoms with Gasteiger partial charge in [-0.25, -0.2) is 0 Å². The summed E-state index contributed by atoms with van der Waals surface area (Å²) >= 11 is 0. The lowest BCUT2D eigenvalue weighted by Gasteiger charge is -2.29. The molecule has 6 nitrogen and oxygen atoms in total. The van der Waals surface area contributed by atoms with Gasteiger partial charge in [0, 0.05) is 17.5 Å². The zero-order valence-corrected chi connectivity index (χ0v) is 21.9. The molecular formula is C33H33NO5. The molecule has 4 aromatic carbocycles. The number of ether oxygens (including phenoxy) is 1. The van der Waals surface area contributed by atoms with Crippen LogP contribution in [-0.2, 0) is 11.3 Å². The van der Waals surface area contributed by atoms with Gasteiger partial charge in [0.05, 0.1) is 13.2 Å². The van der Waals surface area contributed by atoms with Crippen LogP contribution in [0, 0.1) is 0 Å². The first kappa shape index (κ1) is 26.4. The van der Waals surface area contributed by atoms with Crippen LogP contribution in [0.15, 0.2) is 91.0 Å². The molecule has 1 fully saturated rings. The number of carbonyl (C=O) groups is 2. The molecule has 0 saturated heterocycles. The van der Waals surface area contributed by atoms with Crippen molar-refractivity contribution in [1.29, 1.82) is 0 Å². The number of aliphatic hydroxyl groups is 1. The number of fused-ring (bicyclic) bond motifs is 1. The van der Waals surface area contributed by atoms with Gasteiger partial charge in [0.2, 0.25) is 0 Å². The fraction of sp³-hybridized carbons (Fsp3) is 0.273. The highest BCUT2D eigenvalue weighted by molar-refractivity contribution is 5.98. The first-order valence-corrected chi connectivity index (χ1v) is 13.5. The zero-order valence-electron chi connectivity index (χ0n) is 21.9. The normalized spacial score (nSPS) is 13.7. The van der Waals surface area contributed by atoms with Gasteiger partial charge in [-0.15, -0.1) is 0 Å². The van der Waals surface area contributed by atoms with E-state index in [1.54, 1.807) is 4.90 Å². The highest BCUT2D eigenvalue weighted by Gasteiger charge is 2.49. The third-order valence-corrected chi connectivity index (χ3v) is 7.27. The van der Waals surface area contributed by atoms with Crippen molar-refractivity contribution < 1.29 is 24.5 Å². The summed E-state index contributed by atoms with van der Waals surface area (Å²) in [6.07, 6.45) is 3.38. The summed E-state index contributed by atoms with van der Waals surface area (Å²) in [6, 6.07) is 29.6. The van der Waals surface area contributed by atoms with Crippen molar-refractivity contribution >= 4 is 22.6 Å². The van der Waals surface area contributed by atoms with Crippen LogP contribution >= 0.6 is 0 Å². The summed E-state index contributed by atoms with van der Waals surface area (Å²) in [7, 11) is 0. The molecule has 5 rings (SSSR count). The van der Waals surface area contributed by atoms with Gasteiger partial charge in [-0.3, -0.25) is 9.59 Å². The minimum atomic E-state index is -1.16. The van der Waals surface area contributed by atoms with E-state index in [-0.39, 0.29) is 18.9 Å². The zero-order chi connectivity index (χ0) is 27.2. The number of rotatable bonds is 12. The molecule has 0 bridgehead atoms. The van der Waals surface area contributed by atoms with Crippen molar-refractivity contribution in [3.8, 4) is 16.9 Å². The molecule has 1 aliphatic rings. The van der Waals surface area contributed by atoms with Gasteiger partial charge in [0.1, 0.15) is 11.5 Å². The highest BCUT2D eigenvalue weighted by Crippen LogP contribution is 2.41. The number of nitrogens with zero attached hydrogens (tertiary/aromatic N) is 1. The lowest BCUT2D eigenvalue weighted by Crippen LogP contribution is -2.41. The molecule has 0 unspecified atom stereocenters. The van der Waals surface area contributed by atoms with E-state index >= 15 is 0 Å². The van der Waals surface area contributed by atoms with Crippen LogP contribution in [0.2, 0.25) is 0 Å². The summed E-state index contributed by atoms with van der Waals surface area (Å²) in [6.45, 7) is 0.695. The maximum atomic E-state index is 13.7. The van der Waals surface area contributed by atoms with E-state index in [1.165, 1.54) is 5.39 Å². The molecule has 0 aromatic heterocycles. The third kappa shape index (κ3) is 6.29. The van der Waals surface area contributed by atoms with Gasteiger partial charge in [-0.1, -0.05) is 72.8 Å². The number of hydrogen-bond acceptors (Lipinski definition) is 4. The highest BCUT2D eigenvalue weighted by atomic mass is 16.5. The topological polar surface area (TPSA) is 87.1 Å². The number of hydrogen-bond donors (Lipinski definition) is 2. The van der Waals surface area contributed by atoms with Gasteiger partial charge < -0.3 is 19.8 Å². The maximum absolute atomic E-state index is 13.7. The molecule has 1 aliphatic carbocycles. The average Bonchev–Trinajstić information content (AvgIpc) is 3.71. The van der Waals surface area contributed by atoms with Crippen LogP contribution in [0.25, 0.3) is 21.9 Å². The van der Waals surface area contributed by atoms with Crippen molar-refractivity contribution in [1.82, 2.24) is 4.90 Å². The predicted octanol–water partition coefficient (Wildman–Crippen LogP) is 6.66.